The molecule has 0 fully saturated rings. The summed E-state index contributed by atoms with van der Waals surface area (Å²) in [5.74, 6) is 0. The van der Waals surface area contributed by atoms with Crippen LogP contribution in [0.25, 0.3) is 0 Å². The molecule has 0 aromatic heterocycles. The van der Waals surface area contributed by atoms with E-state index in [0.717, 1.165) is 33.9 Å². The van der Waals surface area contributed by atoms with Crippen LogP contribution in [0.2, 0.25) is 0 Å². The Morgan fingerprint density at radius 3 is 2.29 bits per heavy atom. The number of ether oxygens (including phenoxy) is 1. The molecule has 1 heterocycles. The quantitative estimate of drug-likeness (QED) is 0.380. The normalized spacial score (nSPS) is 14.3. The van der Waals surface area contributed by atoms with Gasteiger partial charge in [-0.1, -0.05) is 23.8 Å². The Labute approximate surface area is 181 Å². The number of hydrogen-bond donors (Lipinski definition) is 0. The van der Waals surface area contributed by atoms with E-state index in [1.54, 1.807) is 13.8 Å². The summed E-state index contributed by atoms with van der Waals surface area (Å²) in [5.41, 5.74) is 7.57. The fourth-order valence-corrected chi connectivity index (χ4v) is 2.82. The molecule has 1 amide bonds. The minimum absolute atomic E-state index is 0.194. The van der Waals surface area contributed by atoms with Crippen LogP contribution >= 0.6 is 20.2 Å². The number of amides is 1. The Morgan fingerprint density at radius 2 is 1.75 bits per heavy atom. The fourth-order valence-electron chi connectivity index (χ4n) is 2.82. The zero-order chi connectivity index (χ0) is 21.3. The topological polar surface area (TPSA) is 63.4 Å². The second-order valence-corrected chi connectivity index (χ2v) is 8.07. The molecule has 28 heavy (non-hydrogen) atoms. The first-order valence-corrected chi connectivity index (χ1v) is 11.8. The Kier molecular flexibility index (Phi) is 10.7. The van der Waals surface area contributed by atoms with Gasteiger partial charge in [-0.3, -0.25) is 4.99 Å². The van der Waals surface area contributed by atoms with E-state index >= 15 is 0 Å². The van der Waals surface area contributed by atoms with Gasteiger partial charge in [0.2, 0.25) is 0 Å². The molecule has 1 aromatic carbocycles. The van der Waals surface area contributed by atoms with Crippen molar-refractivity contribution in [1.82, 2.24) is 0 Å². The zero-order valence-electron chi connectivity index (χ0n) is 16.9. The van der Waals surface area contributed by atoms with Crippen molar-refractivity contribution in [3.8, 4) is 0 Å². The van der Waals surface area contributed by atoms with Crippen LogP contribution in [-0.4, -0.2) is 29.8 Å². The van der Waals surface area contributed by atoms with Gasteiger partial charge in [0, 0.05) is 6.42 Å². The number of hydrogen-bond acceptors (Lipinski definition) is 4. The van der Waals surface area contributed by atoms with E-state index in [-0.39, 0.29) is 13.1 Å². The van der Waals surface area contributed by atoms with Gasteiger partial charge in [0.1, 0.15) is 0 Å². The molecular formula is C20H25Cl2FeN3O2. The number of allylic oxidation sites excluding steroid dienone is 2. The summed E-state index contributed by atoms with van der Waals surface area (Å²) < 4.78 is 4.84. The second kappa shape index (κ2) is 12.2. The third-order valence-corrected chi connectivity index (χ3v) is 3.97. The number of carbonyl (C=O) groups excluding carboxylic acids is 1. The molecule has 0 atom stereocenters. The third-order valence-electron chi connectivity index (χ3n) is 3.97. The van der Waals surface area contributed by atoms with Gasteiger partial charge in [-0.05, 0) is 52.7 Å². The number of nitrogens with zero attached hydrogens (tertiary/aromatic N) is 3. The molecule has 0 saturated heterocycles. The van der Waals surface area contributed by atoms with Crippen LogP contribution in [0.4, 0.5) is 10.5 Å². The van der Waals surface area contributed by atoms with Gasteiger partial charge < -0.3 is 4.74 Å². The average Bonchev–Trinajstić information content (AvgIpc) is 3.09. The standard InChI is InChI=1S/C20H25N3O2.2ClH.Fe/c1-7-25-20(24)22-16(6)18-9-8-17(23-18)15(5)21-19-13(3)10-12(2)11-14(19)4;;;/h8,10-11H,7,9H2,1-6H3;2*1H;/q;;;+2/p-2/b21-15?,22-16+;;;. The van der Waals surface area contributed by atoms with Gasteiger partial charge in [0.25, 0.3) is 0 Å². The number of benzene rings is 1. The summed E-state index contributed by atoms with van der Waals surface area (Å²) in [5, 5.41) is 0. The van der Waals surface area contributed by atoms with Gasteiger partial charge in [-0.15, -0.1) is 0 Å². The summed E-state index contributed by atoms with van der Waals surface area (Å²) in [6, 6.07) is 4.26. The van der Waals surface area contributed by atoms with E-state index < -0.39 is 6.09 Å². The molecule has 0 aliphatic carbocycles. The van der Waals surface area contributed by atoms with Crippen molar-refractivity contribution in [2.45, 2.75) is 48.0 Å². The maximum absolute atomic E-state index is 11.5. The van der Waals surface area contributed by atoms with Crippen molar-refractivity contribution in [3.63, 3.8) is 0 Å². The molecule has 0 saturated carbocycles. The minimum atomic E-state index is -0.576. The van der Waals surface area contributed by atoms with Gasteiger partial charge >= 0.3 is 39.4 Å². The van der Waals surface area contributed by atoms with Crippen LogP contribution in [0, 0.1) is 20.8 Å². The van der Waals surface area contributed by atoms with Crippen LogP contribution in [0.3, 0.4) is 0 Å². The van der Waals surface area contributed by atoms with Crippen molar-refractivity contribution in [3.05, 3.63) is 40.6 Å². The molecule has 154 valence electrons. The summed E-state index contributed by atoms with van der Waals surface area (Å²) in [4.78, 5) is 24.7. The van der Waals surface area contributed by atoms with E-state index in [0.29, 0.717) is 18.7 Å². The summed E-state index contributed by atoms with van der Waals surface area (Å²) in [7, 11) is 9.53. The Bertz CT molecular complexity index is 823. The monoisotopic (exact) mass is 465 g/mol. The number of rotatable bonds is 4. The summed E-state index contributed by atoms with van der Waals surface area (Å²) >= 11 is 0.194. The Morgan fingerprint density at radius 1 is 1.18 bits per heavy atom. The summed E-state index contributed by atoms with van der Waals surface area (Å²) in [6.07, 6.45) is 2.08. The van der Waals surface area contributed by atoms with Crippen LogP contribution < -0.4 is 0 Å². The van der Waals surface area contributed by atoms with Crippen LogP contribution in [0.15, 0.2) is 38.9 Å². The van der Waals surface area contributed by atoms with Gasteiger partial charge in [0.15, 0.2) is 0 Å². The molecule has 1 aromatic rings. The molecule has 0 N–H and O–H groups in total. The molecule has 0 unspecified atom stereocenters. The first-order valence-electron chi connectivity index (χ1n) is 8.72. The molecule has 2 rings (SSSR count). The third kappa shape index (κ3) is 7.51. The van der Waals surface area contributed by atoms with Gasteiger partial charge in [-0.25, -0.2) is 9.79 Å². The Balaban J connectivity index is 0.00000122. The van der Waals surface area contributed by atoms with E-state index in [2.05, 4.69) is 42.9 Å². The van der Waals surface area contributed by atoms with Crippen molar-refractivity contribution >= 4 is 49.1 Å². The maximum atomic E-state index is 11.5. The van der Waals surface area contributed by atoms with E-state index in [1.165, 1.54) is 5.56 Å². The molecule has 8 heteroatoms. The van der Waals surface area contributed by atoms with E-state index in [9.17, 15) is 4.79 Å². The van der Waals surface area contributed by atoms with Crippen molar-refractivity contribution in [2.24, 2.45) is 15.0 Å². The van der Waals surface area contributed by atoms with Crippen LogP contribution in [0.5, 0.6) is 0 Å². The molecule has 0 radical (unpaired) electrons. The first-order chi connectivity index (χ1) is 13.2. The molecule has 5 nitrogen and oxygen atoms in total. The zero-order valence-corrected chi connectivity index (χ0v) is 19.5. The first kappa shape index (κ1) is 24.6. The number of carbonyl (C=O) groups is 1. The fraction of sp³-hybridized carbons (Fsp3) is 0.400. The molecule has 0 bridgehead atoms. The van der Waals surface area contributed by atoms with Gasteiger partial charge in [0.05, 0.1) is 35.1 Å². The van der Waals surface area contributed by atoms with Crippen LogP contribution in [0.1, 0.15) is 43.9 Å². The SMILES string of the molecule is CCOC(=O)/N=C(\C)C1=NC(C(C)=Nc2c(C)cc(C)cc2C)=CC1.[Cl][Fe][Cl]. The molecule has 1 aliphatic heterocycles. The number of aryl methyl sites for hydroxylation is 3. The predicted octanol–water partition coefficient (Wildman–Crippen LogP) is 6.43. The number of halogens is 2. The predicted molar refractivity (Wildman–Crippen MR) is 115 cm³/mol. The molecule has 0 spiro atoms. The van der Waals surface area contributed by atoms with E-state index in [4.69, 9.17) is 29.9 Å². The van der Waals surface area contributed by atoms with Gasteiger partial charge in [-0.2, -0.15) is 4.99 Å². The Hall–Kier alpha value is -1.46. The number of aliphatic imine (C=N–C) groups is 3. The van der Waals surface area contributed by atoms with Crippen molar-refractivity contribution in [1.29, 1.82) is 0 Å². The summed E-state index contributed by atoms with van der Waals surface area (Å²) in [6.45, 7) is 12.0. The molecular weight excluding hydrogens is 441 g/mol. The molecule has 1 aliphatic rings. The van der Waals surface area contributed by atoms with Crippen molar-refractivity contribution in [2.75, 3.05) is 6.61 Å². The average molecular weight is 466 g/mol. The van der Waals surface area contributed by atoms with Crippen molar-refractivity contribution < 1.29 is 22.7 Å². The van der Waals surface area contributed by atoms with E-state index in [1.807, 2.05) is 13.0 Å². The second-order valence-electron chi connectivity index (χ2n) is 6.24. The van der Waals surface area contributed by atoms with Crippen LogP contribution in [-0.2, 0) is 17.9 Å².